The van der Waals surface area contributed by atoms with E-state index in [-0.39, 0.29) is 5.56 Å². The van der Waals surface area contributed by atoms with Gasteiger partial charge in [0.2, 0.25) is 0 Å². The van der Waals surface area contributed by atoms with Gasteiger partial charge in [0.1, 0.15) is 0 Å². The first kappa shape index (κ1) is 10.2. The molecule has 0 unspecified atom stereocenters. The minimum absolute atomic E-state index is 0.0388. The van der Waals surface area contributed by atoms with Gasteiger partial charge in [0, 0.05) is 28.5 Å². The minimum atomic E-state index is 0.0388. The van der Waals surface area contributed by atoms with Crippen LogP contribution in [0.25, 0.3) is 10.8 Å². The van der Waals surface area contributed by atoms with Crippen molar-refractivity contribution >= 4 is 22.4 Å². The van der Waals surface area contributed by atoms with Crippen molar-refractivity contribution in [2.75, 3.05) is 0 Å². The van der Waals surface area contributed by atoms with Crippen LogP contribution in [0.4, 0.5) is 0 Å². The number of hydrogen-bond acceptors (Lipinski definition) is 1. The van der Waals surface area contributed by atoms with E-state index < -0.39 is 0 Å². The van der Waals surface area contributed by atoms with E-state index in [4.69, 9.17) is 11.6 Å². The number of hydrogen-bond donors (Lipinski definition) is 0. The zero-order chi connectivity index (χ0) is 10.8. The molecule has 0 bridgehead atoms. The maximum atomic E-state index is 12.0. The SMILES string of the molecule is CCCn1ccc2c(Cl)cccc2c1=O. The Morgan fingerprint density at radius 2 is 2.07 bits per heavy atom. The fourth-order valence-electron chi connectivity index (χ4n) is 1.70. The third kappa shape index (κ3) is 1.77. The van der Waals surface area contributed by atoms with E-state index >= 15 is 0 Å². The van der Waals surface area contributed by atoms with Crippen molar-refractivity contribution in [3.05, 3.63) is 45.8 Å². The lowest BCUT2D eigenvalue weighted by atomic mass is 10.2. The Morgan fingerprint density at radius 1 is 1.27 bits per heavy atom. The molecule has 0 atom stereocenters. The Bertz CT molecular complexity index is 545. The van der Waals surface area contributed by atoms with Gasteiger partial charge in [0.05, 0.1) is 0 Å². The predicted molar refractivity (Wildman–Crippen MR) is 63.5 cm³/mol. The highest BCUT2D eigenvalue weighted by Gasteiger charge is 2.03. The molecular formula is C12H12ClNO. The maximum absolute atomic E-state index is 12.0. The molecule has 15 heavy (non-hydrogen) atoms. The lowest BCUT2D eigenvalue weighted by Crippen LogP contribution is -2.19. The number of rotatable bonds is 2. The molecule has 0 aliphatic rings. The largest absolute Gasteiger partial charge is 0.315 e. The van der Waals surface area contributed by atoms with Crippen LogP contribution in [0.2, 0.25) is 5.02 Å². The van der Waals surface area contributed by atoms with Crippen molar-refractivity contribution < 1.29 is 0 Å². The van der Waals surface area contributed by atoms with Crippen molar-refractivity contribution in [2.45, 2.75) is 19.9 Å². The first-order valence-corrected chi connectivity index (χ1v) is 5.39. The van der Waals surface area contributed by atoms with Gasteiger partial charge in [0.25, 0.3) is 5.56 Å². The smallest absolute Gasteiger partial charge is 0.258 e. The fourth-order valence-corrected chi connectivity index (χ4v) is 1.93. The Kier molecular flexibility index (Phi) is 2.78. The van der Waals surface area contributed by atoms with E-state index in [0.717, 1.165) is 18.4 Å². The highest BCUT2D eigenvalue weighted by molar-refractivity contribution is 6.35. The summed E-state index contributed by atoms with van der Waals surface area (Å²) in [7, 11) is 0. The van der Waals surface area contributed by atoms with Gasteiger partial charge in [-0.15, -0.1) is 0 Å². The highest BCUT2D eigenvalue weighted by Crippen LogP contribution is 2.20. The molecule has 1 aromatic heterocycles. The Labute approximate surface area is 93.1 Å². The molecule has 1 aromatic carbocycles. The molecular weight excluding hydrogens is 210 g/mol. The summed E-state index contributed by atoms with van der Waals surface area (Å²) in [6, 6.07) is 7.32. The van der Waals surface area contributed by atoms with E-state index in [1.165, 1.54) is 0 Å². The summed E-state index contributed by atoms with van der Waals surface area (Å²) >= 11 is 6.01. The topological polar surface area (TPSA) is 22.0 Å². The van der Waals surface area contributed by atoms with E-state index in [9.17, 15) is 4.79 Å². The Morgan fingerprint density at radius 3 is 2.80 bits per heavy atom. The average Bonchev–Trinajstić information content (AvgIpc) is 2.23. The third-order valence-electron chi connectivity index (χ3n) is 2.43. The number of aryl methyl sites for hydroxylation is 1. The Hall–Kier alpha value is -1.28. The summed E-state index contributed by atoms with van der Waals surface area (Å²) in [6.07, 6.45) is 2.76. The van der Waals surface area contributed by atoms with Crippen LogP contribution in [0.3, 0.4) is 0 Å². The van der Waals surface area contributed by atoms with Gasteiger partial charge in [-0.2, -0.15) is 0 Å². The van der Waals surface area contributed by atoms with Gasteiger partial charge >= 0.3 is 0 Å². The third-order valence-corrected chi connectivity index (χ3v) is 2.76. The predicted octanol–water partition coefficient (Wildman–Crippen LogP) is 3.06. The summed E-state index contributed by atoms with van der Waals surface area (Å²) in [6.45, 7) is 2.80. The molecule has 3 heteroatoms. The van der Waals surface area contributed by atoms with Crippen molar-refractivity contribution in [3.63, 3.8) is 0 Å². The van der Waals surface area contributed by atoms with Gasteiger partial charge in [0.15, 0.2) is 0 Å². The van der Waals surface area contributed by atoms with Gasteiger partial charge in [-0.1, -0.05) is 24.6 Å². The molecule has 1 heterocycles. The van der Waals surface area contributed by atoms with Gasteiger partial charge < -0.3 is 4.57 Å². The lowest BCUT2D eigenvalue weighted by molar-refractivity contribution is 0.659. The molecule has 0 N–H and O–H groups in total. The minimum Gasteiger partial charge on any atom is -0.315 e. The van der Waals surface area contributed by atoms with Crippen molar-refractivity contribution in [1.29, 1.82) is 0 Å². The maximum Gasteiger partial charge on any atom is 0.258 e. The number of aromatic nitrogens is 1. The second-order valence-electron chi connectivity index (χ2n) is 3.52. The highest BCUT2D eigenvalue weighted by atomic mass is 35.5. The molecule has 2 rings (SSSR count). The van der Waals surface area contributed by atoms with Crippen molar-refractivity contribution in [1.82, 2.24) is 4.57 Å². The molecule has 2 nitrogen and oxygen atoms in total. The van der Waals surface area contributed by atoms with Crippen molar-refractivity contribution in [3.8, 4) is 0 Å². The number of fused-ring (bicyclic) bond motifs is 1. The number of pyridine rings is 1. The van der Waals surface area contributed by atoms with Crippen LogP contribution < -0.4 is 5.56 Å². The second-order valence-corrected chi connectivity index (χ2v) is 3.92. The number of benzene rings is 1. The number of halogens is 1. The normalized spacial score (nSPS) is 10.8. The average molecular weight is 222 g/mol. The first-order chi connectivity index (χ1) is 7.24. The standard InChI is InChI=1S/C12H12ClNO/c1-2-7-14-8-6-9-10(12(14)15)4-3-5-11(9)13/h3-6,8H,2,7H2,1H3. The monoisotopic (exact) mass is 221 g/mol. The summed E-state index contributed by atoms with van der Waals surface area (Å²) < 4.78 is 1.72. The summed E-state index contributed by atoms with van der Waals surface area (Å²) in [5.41, 5.74) is 0.0388. The molecule has 0 saturated carbocycles. The Balaban J connectivity index is 2.75. The molecule has 2 aromatic rings. The van der Waals surface area contributed by atoms with E-state index in [0.29, 0.717) is 10.4 Å². The van der Waals surface area contributed by atoms with Crippen LogP contribution in [-0.4, -0.2) is 4.57 Å². The quantitative estimate of drug-likeness (QED) is 0.764. The molecule has 0 aliphatic carbocycles. The van der Waals surface area contributed by atoms with E-state index in [1.54, 1.807) is 16.8 Å². The van der Waals surface area contributed by atoms with Gasteiger partial charge in [-0.25, -0.2) is 0 Å². The van der Waals surface area contributed by atoms with Crippen LogP contribution in [0.15, 0.2) is 35.3 Å². The molecule has 0 spiro atoms. The van der Waals surface area contributed by atoms with Crippen molar-refractivity contribution in [2.24, 2.45) is 0 Å². The van der Waals surface area contributed by atoms with E-state index in [2.05, 4.69) is 6.92 Å². The van der Waals surface area contributed by atoms with Crippen LogP contribution in [0, 0.1) is 0 Å². The zero-order valence-corrected chi connectivity index (χ0v) is 9.29. The van der Waals surface area contributed by atoms with Crippen LogP contribution in [-0.2, 0) is 6.54 Å². The fraction of sp³-hybridized carbons (Fsp3) is 0.250. The molecule has 78 valence electrons. The summed E-state index contributed by atoms with van der Waals surface area (Å²) in [4.78, 5) is 12.0. The second kappa shape index (κ2) is 4.07. The van der Waals surface area contributed by atoms with Gasteiger partial charge in [-0.05, 0) is 24.6 Å². The lowest BCUT2D eigenvalue weighted by Gasteiger charge is -2.05. The molecule has 0 saturated heterocycles. The van der Waals surface area contributed by atoms with Gasteiger partial charge in [-0.3, -0.25) is 4.79 Å². The molecule has 0 radical (unpaired) electrons. The van der Waals surface area contributed by atoms with Crippen LogP contribution >= 0.6 is 11.6 Å². The zero-order valence-electron chi connectivity index (χ0n) is 8.53. The van der Waals surface area contributed by atoms with Crippen LogP contribution in [0.5, 0.6) is 0 Å². The molecule has 0 aliphatic heterocycles. The molecule has 0 amide bonds. The van der Waals surface area contributed by atoms with E-state index in [1.807, 2.05) is 18.2 Å². The first-order valence-electron chi connectivity index (χ1n) is 5.01. The number of nitrogens with zero attached hydrogens (tertiary/aromatic N) is 1. The van der Waals surface area contributed by atoms with Crippen LogP contribution in [0.1, 0.15) is 13.3 Å². The molecule has 0 fully saturated rings. The summed E-state index contributed by atoms with van der Waals surface area (Å²) in [5.74, 6) is 0. The summed E-state index contributed by atoms with van der Waals surface area (Å²) in [5, 5.41) is 2.16.